The predicted octanol–water partition coefficient (Wildman–Crippen LogP) is 2.83. The second kappa shape index (κ2) is 5.95. The maximum Gasteiger partial charge on any atom is 0.437 e. The van der Waals surface area contributed by atoms with Gasteiger partial charge in [0.2, 0.25) is 0 Å². The predicted molar refractivity (Wildman–Crippen MR) is 75.7 cm³/mol. The van der Waals surface area contributed by atoms with Gasteiger partial charge < -0.3 is 10.6 Å². The third-order valence-electron chi connectivity index (χ3n) is 2.75. The van der Waals surface area contributed by atoms with E-state index in [-0.39, 0.29) is 12.2 Å². The molecular formula is C12H14F3N5OS. The number of hydrogen-bond acceptors (Lipinski definition) is 4. The van der Waals surface area contributed by atoms with Gasteiger partial charge in [-0.25, -0.2) is 9.78 Å². The third-order valence-corrected chi connectivity index (χ3v) is 3.83. The van der Waals surface area contributed by atoms with Crippen molar-refractivity contribution >= 4 is 23.1 Å². The number of rotatable bonds is 3. The van der Waals surface area contributed by atoms with Crippen LogP contribution in [0.1, 0.15) is 21.3 Å². The van der Waals surface area contributed by atoms with Crippen molar-refractivity contribution in [2.75, 3.05) is 5.32 Å². The molecular weight excluding hydrogens is 319 g/mol. The van der Waals surface area contributed by atoms with E-state index in [4.69, 9.17) is 0 Å². The highest BCUT2D eigenvalue weighted by Gasteiger charge is 2.37. The second-order valence-electron chi connectivity index (χ2n) is 4.61. The van der Waals surface area contributed by atoms with Gasteiger partial charge >= 0.3 is 12.2 Å². The van der Waals surface area contributed by atoms with Gasteiger partial charge in [0.25, 0.3) is 0 Å². The Morgan fingerprint density at radius 2 is 2.09 bits per heavy atom. The number of carbonyl (C=O) groups is 1. The molecule has 2 rings (SSSR count). The van der Waals surface area contributed by atoms with Crippen LogP contribution in [-0.2, 0) is 19.8 Å². The number of alkyl halides is 3. The molecule has 0 aliphatic heterocycles. The summed E-state index contributed by atoms with van der Waals surface area (Å²) in [6.07, 6.45) is -3.53. The molecule has 2 aromatic heterocycles. The van der Waals surface area contributed by atoms with Crippen LogP contribution in [0.3, 0.4) is 0 Å². The molecule has 0 aromatic carbocycles. The van der Waals surface area contributed by atoms with Gasteiger partial charge in [-0.15, -0.1) is 11.3 Å². The minimum atomic E-state index is -4.63. The van der Waals surface area contributed by atoms with Gasteiger partial charge in [0.15, 0.2) is 5.69 Å². The summed E-state index contributed by atoms with van der Waals surface area (Å²) >= 11 is 1.42. The normalized spacial score (nSPS) is 11.5. The Hall–Kier alpha value is -2.10. The first-order valence-electron chi connectivity index (χ1n) is 6.25. The molecule has 0 saturated carbocycles. The van der Waals surface area contributed by atoms with Gasteiger partial charge in [-0.2, -0.15) is 18.3 Å². The summed E-state index contributed by atoms with van der Waals surface area (Å²) in [7, 11) is 1.35. The number of halogens is 3. The van der Waals surface area contributed by atoms with Crippen molar-refractivity contribution in [3.63, 3.8) is 0 Å². The number of aromatic nitrogens is 3. The quantitative estimate of drug-likeness (QED) is 0.907. The standard InChI is InChI=1S/C12H14F3N5OS/c1-6-9(22-7(2)17-6)4-16-11(21)18-8-5-20(3)19-10(8)12(13,14)15/h5H,4H2,1-3H3,(H2,16,18,21). The fraction of sp³-hybridized carbons (Fsp3) is 0.417. The summed E-state index contributed by atoms with van der Waals surface area (Å²) in [5.41, 5.74) is -0.722. The molecule has 22 heavy (non-hydrogen) atoms. The lowest BCUT2D eigenvalue weighted by Gasteiger charge is -2.08. The Morgan fingerprint density at radius 1 is 1.41 bits per heavy atom. The van der Waals surface area contributed by atoms with Crippen LogP contribution in [0, 0.1) is 13.8 Å². The van der Waals surface area contributed by atoms with Gasteiger partial charge in [0.05, 0.1) is 22.9 Å². The van der Waals surface area contributed by atoms with Gasteiger partial charge in [-0.05, 0) is 13.8 Å². The van der Waals surface area contributed by atoms with Crippen LogP contribution in [0.25, 0.3) is 0 Å². The number of urea groups is 1. The van der Waals surface area contributed by atoms with Crippen LogP contribution >= 0.6 is 11.3 Å². The average Bonchev–Trinajstić information content (AvgIpc) is 2.89. The molecule has 0 bridgehead atoms. The SMILES string of the molecule is Cc1nc(C)c(CNC(=O)Nc2cn(C)nc2C(F)(F)F)s1. The van der Waals surface area contributed by atoms with Crippen LogP contribution in [-0.4, -0.2) is 20.8 Å². The lowest BCUT2D eigenvalue weighted by molar-refractivity contribution is -0.140. The van der Waals surface area contributed by atoms with Crippen molar-refractivity contribution in [2.45, 2.75) is 26.6 Å². The van der Waals surface area contributed by atoms with Crippen LogP contribution in [0.4, 0.5) is 23.7 Å². The van der Waals surface area contributed by atoms with E-state index in [0.717, 1.165) is 26.5 Å². The number of nitrogens with zero attached hydrogens (tertiary/aromatic N) is 3. The molecule has 0 saturated heterocycles. The van der Waals surface area contributed by atoms with Crippen molar-refractivity contribution in [2.24, 2.45) is 7.05 Å². The summed E-state index contributed by atoms with van der Waals surface area (Å²) in [5, 5.41) is 8.85. The molecule has 2 heterocycles. The monoisotopic (exact) mass is 333 g/mol. The van der Waals surface area contributed by atoms with E-state index in [1.165, 1.54) is 18.4 Å². The Labute approximate surface area is 128 Å². The summed E-state index contributed by atoms with van der Waals surface area (Å²) < 4.78 is 39.3. The molecule has 0 atom stereocenters. The van der Waals surface area contributed by atoms with Crippen molar-refractivity contribution in [1.29, 1.82) is 0 Å². The lowest BCUT2D eigenvalue weighted by Crippen LogP contribution is -2.28. The topological polar surface area (TPSA) is 71.8 Å². The molecule has 10 heteroatoms. The Kier molecular flexibility index (Phi) is 4.40. The van der Waals surface area contributed by atoms with E-state index in [9.17, 15) is 18.0 Å². The number of thiazole rings is 1. The smallest absolute Gasteiger partial charge is 0.333 e. The van der Waals surface area contributed by atoms with E-state index in [1.54, 1.807) is 6.92 Å². The number of anilines is 1. The number of aryl methyl sites for hydroxylation is 3. The molecule has 0 aliphatic carbocycles. The molecule has 0 radical (unpaired) electrons. The molecule has 120 valence electrons. The molecule has 2 aromatic rings. The first kappa shape index (κ1) is 16.3. The van der Waals surface area contributed by atoms with Gasteiger partial charge in [0, 0.05) is 18.1 Å². The van der Waals surface area contributed by atoms with Crippen molar-refractivity contribution in [1.82, 2.24) is 20.1 Å². The molecule has 0 aliphatic rings. The Bertz CT molecular complexity index is 691. The van der Waals surface area contributed by atoms with E-state index in [0.29, 0.717) is 0 Å². The molecule has 0 spiro atoms. The fourth-order valence-corrected chi connectivity index (χ4v) is 2.73. The number of nitrogens with one attached hydrogen (secondary N) is 2. The van der Waals surface area contributed by atoms with Gasteiger partial charge in [-0.3, -0.25) is 4.68 Å². The minimum absolute atomic E-state index is 0.199. The molecule has 0 unspecified atom stereocenters. The summed E-state index contributed by atoms with van der Waals surface area (Å²) in [6, 6.07) is -0.732. The van der Waals surface area contributed by atoms with E-state index in [2.05, 4.69) is 20.7 Å². The Balaban J connectivity index is 2.02. The first-order chi connectivity index (χ1) is 10.2. The minimum Gasteiger partial charge on any atom is -0.333 e. The van der Waals surface area contributed by atoms with Crippen molar-refractivity contribution in [3.8, 4) is 0 Å². The van der Waals surface area contributed by atoms with Crippen LogP contribution in [0.5, 0.6) is 0 Å². The third kappa shape index (κ3) is 3.75. The van der Waals surface area contributed by atoms with Crippen LogP contribution in [0.2, 0.25) is 0 Å². The van der Waals surface area contributed by atoms with Crippen LogP contribution < -0.4 is 10.6 Å². The van der Waals surface area contributed by atoms with E-state index in [1.807, 2.05) is 6.92 Å². The van der Waals surface area contributed by atoms with Crippen molar-refractivity contribution < 1.29 is 18.0 Å². The zero-order valence-corrected chi connectivity index (χ0v) is 12.9. The Morgan fingerprint density at radius 3 is 2.64 bits per heavy atom. The zero-order chi connectivity index (χ0) is 16.5. The largest absolute Gasteiger partial charge is 0.437 e. The number of carbonyl (C=O) groups excluding carboxylic acids is 1. The number of amides is 2. The van der Waals surface area contributed by atoms with E-state index >= 15 is 0 Å². The molecule has 2 N–H and O–H groups in total. The molecule has 0 fully saturated rings. The summed E-state index contributed by atoms with van der Waals surface area (Å²) in [4.78, 5) is 16.8. The van der Waals surface area contributed by atoms with E-state index < -0.39 is 17.9 Å². The zero-order valence-electron chi connectivity index (χ0n) is 12.1. The van der Waals surface area contributed by atoms with Crippen LogP contribution in [0.15, 0.2) is 6.20 Å². The summed E-state index contributed by atoms with van der Waals surface area (Å²) in [6.45, 7) is 3.85. The maximum absolute atomic E-state index is 12.8. The first-order valence-corrected chi connectivity index (χ1v) is 7.07. The highest BCUT2D eigenvalue weighted by Crippen LogP contribution is 2.33. The lowest BCUT2D eigenvalue weighted by atomic mass is 10.3. The highest BCUT2D eigenvalue weighted by atomic mass is 32.1. The van der Waals surface area contributed by atoms with Gasteiger partial charge in [0.1, 0.15) is 0 Å². The second-order valence-corrected chi connectivity index (χ2v) is 5.90. The summed E-state index contributed by atoms with van der Waals surface area (Å²) in [5.74, 6) is 0. The maximum atomic E-state index is 12.8. The number of hydrogen-bond donors (Lipinski definition) is 2. The fourth-order valence-electron chi connectivity index (χ4n) is 1.85. The van der Waals surface area contributed by atoms with Gasteiger partial charge in [-0.1, -0.05) is 0 Å². The highest BCUT2D eigenvalue weighted by molar-refractivity contribution is 7.11. The average molecular weight is 333 g/mol. The molecule has 2 amide bonds. The molecule has 6 nitrogen and oxygen atoms in total. The van der Waals surface area contributed by atoms with Crippen molar-refractivity contribution in [3.05, 3.63) is 27.5 Å².